The summed E-state index contributed by atoms with van der Waals surface area (Å²) in [7, 11) is 4.64. The number of benzene rings is 2. The van der Waals surface area contributed by atoms with Gasteiger partial charge in [0.2, 0.25) is 0 Å². The minimum absolute atomic E-state index is 0.328. The van der Waals surface area contributed by atoms with Crippen molar-refractivity contribution < 1.29 is 19.0 Å². The van der Waals surface area contributed by atoms with Crippen molar-refractivity contribution in [2.45, 2.75) is 20.4 Å². The van der Waals surface area contributed by atoms with Crippen LogP contribution in [0.25, 0.3) is 11.0 Å². The van der Waals surface area contributed by atoms with E-state index in [4.69, 9.17) is 14.2 Å². The van der Waals surface area contributed by atoms with E-state index >= 15 is 0 Å². The summed E-state index contributed by atoms with van der Waals surface area (Å²) in [6, 6.07) is 8.84. The fourth-order valence-corrected chi connectivity index (χ4v) is 3.17. The van der Waals surface area contributed by atoms with Gasteiger partial charge in [0.15, 0.2) is 11.5 Å². The molecule has 29 heavy (non-hydrogen) atoms. The zero-order valence-corrected chi connectivity index (χ0v) is 17.1. The first-order valence-electron chi connectivity index (χ1n) is 9.12. The number of hydrogen-bond acceptors (Lipinski definition) is 6. The maximum Gasteiger partial charge on any atom is 0.271 e. The highest BCUT2D eigenvalue weighted by molar-refractivity contribution is 5.98. The van der Waals surface area contributed by atoms with Gasteiger partial charge in [-0.2, -0.15) is 5.10 Å². The predicted molar refractivity (Wildman–Crippen MR) is 111 cm³/mol. The molecule has 1 heterocycles. The van der Waals surface area contributed by atoms with Crippen molar-refractivity contribution >= 4 is 23.2 Å². The Hall–Kier alpha value is -3.55. The summed E-state index contributed by atoms with van der Waals surface area (Å²) in [6.07, 6.45) is 1.49. The number of nitrogens with one attached hydrogen (secondary N) is 1. The molecular formula is C21H24N4O4. The lowest BCUT2D eigenvalue weighted by Crippen LogP contribution is -2.17. The van der Waals surface area contributed by atoms with Crippen LogP contribution < -0.4 is 19.6 Å². The molecule has 0 aliphatic carbocycles. The summed E-state index contributed by atoms with van der Waals surface area (Å²) >= 11 is 0. The van der Waals surface area contributed by atoms with Gasteiger partial charge in [0.1, 0.15) is 11.6 Å². The fraction of sp³-hybridized carbons (Fsp3) is 0.286. The van der Waals surface area contributed by atoms with E-state index in [9.17, 15) is 4.79 Å². The minimum atomic E-state index is -0.328. The molecule has 0 atom stereocenters. The quantitative estimate of drug-likeness (QED) is 0.490. The van der Waals surface area contributed by atoms with Gasteiger partial charge in [-0.15, -0.1) is 0 Å². The first kappa shape index (κ1) is 20.2. The second-order valence-corrected chi connectivity index (χ2v) is 6.26. The molecule has 8 nitrogen and oxygen atoms in total. The van der Waals surface area contributed by atoms with Crippen LogP contribution >= 0.6 is 0 Å². The molecule has 0 fully saturated rings. The predicted octanol–water partition coefficient (Wildman–Crippen LogP) is 3.15. The monoisotopic (exact) mass is 396 g/mol. The molecule has 1 aromatic heterocycles. The number of amides is 1. The van der Waals surface area contributed by atoms with E-state index in [1.54, 1.807) is 45.6 Å². The highest BCUT2D eigenvalue weighted by Crippen LogP contribution is 2.33. The Kier molecular flexibility index (Phi) is 6.01. The molecule has 0 bridgehead atoms. The SMILES string of the molecule is CCn1c(C)nc2cc(C(=O)N/N=C\c3cc(OC)c(OC)cc3OC)ccc21. The second-order valence-electron chi connectivity index (χ2n) is 6.26. The number of aromatic nitrogens is 2. The highest BCUT2D eigenvalue weighted by Gasteiger charge is 2.12. The summed E-state index contributed by atoms with van der Waals surface area (Å²) in [4.78, 5) is 17.0. The van der Waals surface area contributed by atoms with Crippen LogP contribution in [-0.4, -0.2) is 43.0 Å². The van der Waals surface area contributed by atoms with Gasteiger partial charge in [0.25, 0.3) is 5.91 Å². The summed E-state index contributed by atoms with van der Waals surface area (Å²) in [5, 5.41) is 4.05. The number of ether oxygens (including phenoxy) is 3. The number of carbonyl (C=O) groups excluding carboxylic acids is 1. The molecule has 0 saturated carbocycles. The van der Waals surface area contributed by atoms with Crippen LogP contribution in [0.15, 0.2) is 35.4 Å². The van der Waals surface area contributed by atoms with Crippen LogP contribution in [0.1, 0.15) is 28.7 Å². The molecule has 3 aromatic rings. The van der Waals surface area contributed by atoms with E-state index in [-0.39, 0.29) is 5.91 Å². The standard InChI is InChI=1S/C21H24N4O4/c1-6-25-13(2)23-16-9-14(7-8-17(16)25)21(26)24-22-12-15-10-19(28-4)20(29-5)11-18(15)27-3/h7-12H,6H2,1-5H3,(H,24,26)/b22-12-. The first-order valence-corrected chi connectivity index (χ1v) is 9.12. The largest absolute Gasteiger partial charge is 0.496 e. The number of hydrogen-bond donors (Lipinski definition) is 1. The van der Waals surface area contributed by atoms with Crippen LogP contribution in [0, 0.1) is 6.92 Å². The van der Waals surface area contributed by atoms with Crippen LogP contribution in [0.3, 0.4) is 0 Å². The van der Waals surface area contributed by atoms with Gasteiger partial charge in [-0.1, -0.05) is 0 Å². The van der Waals surface area contributed by atoms with E-state index < -0.39 is 0 Å². The number of rotatable bonds is 7. The van der Waals surface area contributed by atoms with Crippen LogP contribution in [-0.2, 0) is 6.54 Å². The van der Waals surface area contributed by atoms with Crippen molar-refractivity contribution in [1.82, 2.24) is 15.0 Å². The van der Waals surface area contributed by atoms with Gasteiger partial charge in [-0.25, -0.2) is 10.4 Å². The zero-order chi connectivity index (χ0) is 21.0. The molecule has 152 valence electrons. The highest BCUT2D eigenvalue weighted by atomic mass is 16.5. The van der Waals surface area contributed by atoms with Crippen molar-refractivity contribution in [2.75, 3.05) is 21.3 Å². The number of hydrazone groups is 1. The zero-order valence-electron chi connectivity index (χ0n) is 17.1. The molecule has 0 aliphatic rings. The lowest BCUT2D eigenvalue weighted by molar-refractivity contribution is 0.0955. The van der Waals surface area contributed by atoms with Gasteiger partial charge in [-0.3, -0.25) is 4.79 Å². The second kappa shape index (κ2) is 8.64. The maximum atomic E-state index is 12.5. The number of imidazole rings is 1. The summed E-state index contributed by atoms with van der Waals surface area (Å²) in [6.45, 7) is 4.83. The van der Waals surface area contributed by atoms with Crippen molar-refractivity contribution in [3.63, 3.8) is 0 Å². The third-order valence-electron chi connectivity index (χ3n) is 4.62. The molecule has 2 aromatic carbocycles. The normalized spacial score (nSPS) is 11.1. The Morgan fingerprint density at radius 2 is 1.79 bits per heavy atom. The van der Waals surface area contributed by atoms with E-state index in [1.807, 2.05) is 13.0 Å². The Morgan fingerprint density at radius 1 is 1.10 bits per heavy atom. The third-order valence-corrected chi connectivity index (χ3v) is 4.62. The van der Waals surface area contributed by atoms with Crippen LogP contribution in [0.2, 0.25) is 0 Å². The maximum absolute atomic E-state index is 12.5. The molecule has 0 unspecified atom stereocenters. The Balaban J connectivity index is 1.80. The smallest absolute Gasteiger partial charge is 0.271 e. The van der Waals surface area contributed by atoms with Crippen molar-refractivity contribution in [3.8, 4) is 17.2 Å². The number of carbonyl (C=O) groups is 1. The van der Waals surface area contributed by atoms with Gasteiger partial charge >= 0.3 is 0 Å². The molecule has 0 radical (unpaired) electrons. The van der Waals surface area contributed by atoms with Gasteiger partial charge in [0.05, 0.1) is 38.6 Å². The van der Waals surface area contributed by atoms with Gasteiger partial charge in [-0.05, 0) is 38.1 Å². The molecular weight excluding hydrogens is 372 g/mol. The molecule has 1 amide bonds. The number of methoxy groups -OCH3 is 3. The summed E-state index contributed by atoms with van der Waals surface area (Å²) < 4.78 is 18.0. The molecule has 1 N–H and O–H groups in total. The van der Waals surface area contributed by atoms with Crippen molar-refractivity contribution in [3.05, 3.63) is 47.3 Å². The minimum Gasteiger partial charge on any atom is -0.496 e. The molecule has 3 rings (SSSR count). The number of fused-ring (bicyclic) bond motifs is 1. The molecule has 0 saturated heterocycles. The topological polar surface area (TPSA) is 87.0 Å². The lowest BCUT2D eigenvalue weighted by Gasteiger charge is -2.11. The van der Waals surface area contributed by atoms with E-state index in [1.165, 1.54) is 6.21 Å². The lowest BCUT2D eigenvalue weighted by atomic mass is 10.2. The molecule has 0 spiro atoms. The fourth-order valence-electron chi connectivity index (χ4n) is 3.17. The number of nitrogens with zero attached hydrogens (tertiary/aromatic N) is 3. The molecule has 0 aliphatic heterocycles. The van der Waals surface area contributed by atoms with E-state index in [0.717, 1.165) is 23.4 Å². The van der Waals surface area contributed by atoms with Crippen LogP contribution in [0.5, 0.6) is 17.2 Å². The Morgan fingerprint density at radius 3 is 2.45 bits per heavy atom. The Bertz CT molecular complexity index is 1070. The first-order chi connectivity index (χ1) is 14.0. The third kappa shape index (κ3) is 4.01. The van der Waals surface area contributed by atoms with Crippen molar-refractivity contribution in [1.29, 1.82) is 0 Å². The molecule has 8 heteroatoms. The van der Waals surface area contributed by atoms with Gasteiger partial charge in [0, 0.05) is 23.7 Å². The average molecular weight is 396 g/mol. The summed E-state index contributed by atoms with van der Waals surface area (Å²) in [5.74, 6) is 2.21. The van der Waals surface area contributed by atoms with Crippen LogP contribution in [0.4, 0.5) is 0 Å². The average Bonchev–Trinajstić information content (AvgIpc) is 3.06. The number of aryl methyl sites for hydroxylation is 2. The Labute approximate surface area is 169 Å². The summed E-state index contributed by atoms with van der Waals surface area (Å²) in [5.41, 5.74) is 5.43. The van der Waals surface area contributed by atoms with E-state index in [2.05, 4.69) is 27.0 Å². The van der Waals surface area contributed by atoms with Crippen molar-refractivity contribution in [2.24, 2.45) is 5.10 Å². The van der Waals surface area contributed by atoms with Gasteiger partial charge < -0.3 is 18.8 Å². The van der Waals surface area contributed by atoms with E-state index in [0.29, 0.717) is 28.4 Å².